The van der Waals surface area contributed by atoms with Crippen molar-refractivity contribution in [1.29, 1.82) is 0 Å². The summed E-state index contributed by atoms with van der Waals surface area (Å²) < 4.78 is 4.88. The number of ether oxygens (including phenoxy) is 1. The van der Waals surface area contributed by atoms with Gasteiger partial charge in [0.2, 0.25) is 11.7 Å². The van der Waals surface area contributed by atoms with Crippen LogP contribution < -0.4 is 11.1 Å². The number of benzene rings is 1. The zero-order valence-corrected chi connectivity index (χ0v) is 13.3. The number of esters is 1. The number of carbonyl (C=O) groups excluding carboxylic acids is 4. The fourth-order valence-corrected chi connectivity index (χ4v) is 2.52. The number of nitrogens with one attached hydrogen (secondary N) is 1. The fraction of sp³-hybridized carbons (Fsp3) is 0.125. The lowest BCUT2D eigenvalue weighted by molar-refractivity contribution is -0.127. The second-order valence-electron chi connectivity index (χ2n) is 4.67. The molecule has 2 amide bonds. The molecule has 1 aromatic heterocycles. The van der Waals surface area contributed by atoms with E-state index in [4.69, 9.17) is 10.5 Å². The van der Waals surface area contributed by atoms with Crippen molar-refractivity contribution in [2.24, 2.45) is 5.73 Å². The van der Waals surface area contributed by atoms with Crippen molar-refractivity contribution >= 4 is 34.9 Å². The van der Waals surface area contributed by atoms with E-state index in [1.165, 1.54) is 23.5 Å². The third-order valence-corrected chi connectivity index (χ3v) is 3.80. The van der Waals surface area contributed by atoms with E-state index in [0.29, 0.717) is 4.88 Å². The molecule has 0 saturated carbocycles. The molecule has 3 N–H and O–H groups in total. The SMILES string of the molecule is NC(=O)CNC(=O)COC(=O)c1ccccc1C(=O)c1cccs1. The number of amides is 2. The van der Waals surface area contributed by atoms with Crippen LogP contribution in [0.25, 0.3) is 0 Å². The van der Waals surface area contributed by atoms with E-state index in [2.05, 4.69) is 5.32 Å². The number of primary amides is 1. The zero-order chi connectivity index (χ0) is 17.5. The summed E-state index contributed by atoms with van der Waals surface area (Å²) in [6.07, 6.45) is 0. The van der Waals surface area contributed by atoms with Gasteiger partial charge in [0.1, 0.15) is 0 Å². The Morgan fingerprint density at radius 3 is 2.38 bits per heavy atom. The lowest BCUT2D eigenvalue weighted by Gasteiger charge is -2.08. The molecule has 124 valence electrons. The van der Waals surface area contributed by atoms with Crippen LogP contribution in [0.2, 0.25) is 0 Å². The second kappa shape index (κ2) is 8.02. The third kappa shape index (κ3) is 4.50. The fourth-order valence-electron chi connectivity index (χ4n) is 1.85. The number of hydrogen-bond acceptors (Lipinski definition) is 6. The molecule has 7 nitrogen and oxygen atoms in total. The quantitative estimate of drug-likeness (QED) is 0.567. The summed E-state index contributed by atoms with van der Waals surface area (Å²) in [4.78, 5) is 47.0. The summed E-state index contributed by atoms with van der Waals surface area (Å²) in [5.41, 5.74) is 5.15. The van der Waals surface area contributed by atoms with Gasteiger partial charge in [0, 0.05) is 5.56 Å². The third-order valence-electron chi connectivity index (χ3n) is 2.93. The van der Waals surface area contributed by atoms with Gasteiger partial charge in [-0.3, -0.25) is 14.4 Å². The molecule has 2 rings (SSSR count). The highest BCUT2D eigenvalue weighted by molar-refractivity contribution is 7.12. The van der Waals surface area contributed by atoms with Crippen LogP contribution in [-0.2, 0) is 14.3 Å². The average molecular weight is 346 g/mol. The van der Waals surface area contributed by atoms with E-state index in [0.717, 1.165) is 0 Å². The molecule has 0 spiro atoms. The number of thiophene rings is 1. The maximum Gasteiger partial charge on any atom is 0.339 e. The number of rotatable bonds is 7. The maximum atomic E-state index is 12.4. The lowest BCUT2D eigenvalue weighted by Crippen LogP contribution is -2.36. The summed E-state index contributed by atoms with van der Waals surface area (Å²) in [6.45, 7) is -0.919. The van der Waals surface area contributed by atoms with Crippen molar-refractivity contribution in [3.63, 3.8) is 0 Å². The van der Waals surface area contributed by atoms with Gasteiger partial charge in [0.15, 0.2) is 6.61 Å². The van der Waals surface area contributed by atoms with Crippen molar-refractivity contribution in [2.75, 3.05) is 13.2 Å². The largest absolute Gasteiger partial charge is 0.452 e. The summed E-state index contributed by atoms with van der Waals surface area (Å²) >= 11 is 1.26. The molecule has 1 aromatic carbocycles. The Hall–Kier alpha value is -3.00. The van der Waals surface area contributed by atoms with E-state index >= 15 is 0 Å². The zero-order valence-electron chi connectivity index (χ0n) is 12.5. The van der Waals surface area contributed by atoms with Crippen molar-refractivity contribution in [3.05, 3.63) is 57.8 Å². The molecule has 0 aliphatic carbocycles. The highest BCUT2D eigenvalue weighted by Gasteiger charge is 2.20. The van der Waals surface area contributed by atoms with Crippen LogP contribution >= 0.6 is 11.3 Å². The van der Waals surface area contributed by atoms with Gasteiger partial charge < -0.3 is 15.8 Å². The summed E-state index contributed by atoms with van der Waals surface area (Å²) in [7, 11) is 0. The number of hydrogen-bond donors (Lipinski definition) is 2. The molecule has 0 fully saturated rings. The Balaban J connectivity index is 2.06. The molecule has 2 aromatic rings. The molecule has 0 atom stereocenters. The van der Waals surface area contributed by atoms with Gasteiger partial charge >= 0.3 is 5.97 Å². The first-order valence-electron chi connectivity index (χ1n) is 6.88. The summed E-state index contributed by atoms with van der Waals surface area (Å²) in [6, 6.07) is 9.59. The Bertz CT molecular complexity index is 771. The van der Waals surface area contributed by atoms with Gasteiger partial charge in [-0.25, -0.2) is 4.79 Å². The predicted octanol–water partition coefficient (Wildman–Crippen LogP) is 0.737. The lowest BCUT2D eigenvalue weighted by atomic mass is 10.0. The summed E-state index contributed by atoms with van der Waals surface area (Å²) in [5.74, 6) is -2.47. The molecule has 0 aliphatic rings. The van der Waals surface area contributed by atoms with E-state index in [9.17, 15) is 19.2 Å². The van der Waals surface area contributed by atoms with E-state index in [1.807, 2.05) is 0 Å². The summed E-state index contributed by atoms with van der Waals surface area (Å²) in [5, 5.41) is 3.95. The molecular weight excluding hydrogens is 332 g/mol. The topological polar surface area (TPSA) is 116 Å². The minimum absolute atomic E-state index is 0.0681. The van der Waals surface area contributed by atoms with Gasteiger partial charge in [-0.05, 0) is 17.5 Å². The van der Waals surface area contributed by atoms with Gasteiger partial charge in [-0.1, -0.05) is 24.3 Å². The van der Waals surface area contributed by atoms with Crippen LogP contribution in [0.15, 0.2) is 41.8 Å². The number of carbonyl (C=O) groups is 4. The molecule has 1 heterocycles. The van der Waals surface area contributed by atoms with Gasteiger partial charge in [-0.2, -0.15) is 0 Å². The standard InChI is InChI=1S/C16H14N2O5S/c17-13(19)8-18-14(20)9-23-16(22)11-5-2-1-4-10(11)15(21)12-6-3-7-24-12/h1-7H,8-9H2,(H2,17,19)(H,18,20). The average Bonchev–Trinajstić information content (AvgIpc) is 3.11. The van der Waals surface area contributed by atoms with Gasteiger partial charge in [-0.15, -0.1) is 11.3 Å². The molecule has 0 unspecified atom stereocenters. The van der Waals surface area contributed by atoms with Crippen LogP contribution in [0.5, 0.6) is 0 Å². The molecule has 0 saturated heterocycles. The monoisotopic (exact) mass is 346 g/mol. The molecular formula is C16H14N2O5S. The first-order valence-corrected chi connectivity index (χ1v) is 7.76. The van der Waals surface area contributed by atoms with Crippen molar-refractivity contribution in [3.8, 4) is 0 Å². The van der Waals surface area contributed by atoms with E-state index in [1.54, 1.807) is 29.6 Å². The maximum absolute atomic E-state index is 12.4. The van der Waals surface area contributed by atoms with Gasteiger partial charge in [0.25, 0.3) is 5.91 Å². The normalized spacial score (nSPS) is 10.0. The van der Waals surface area contributed by atoms with Crippen LogP contribution in [-0.4, -0.2) is 36.7 Å². The molecule has 8 heteroatoms. The van der Waals surface area contributed by atoms with Crippen LogP contribution in [0, 0.1) is 0 Å². The van der Waals surface area contributed by atoms with Crippen molar-refractivity contribution in [1.82, 2.24) is 5.32 Å². The smallest absolute Gasteiger partial charge is 0.339 e. The molecule has 0 bridgehead atoms. The Kier molecular flexibility index (Phi) is 5.80. The Morgan fingerprint density at radius 2 is 1.75 bits per heavy atom. The molecule has 24 heavy (non-hydrogen) atoms. The van der Waals surface area contributed by atoms with Gasteiger partial charge in [0.05, 0.1) is 17.0 Å². The number of nitrogens with two attached hydrogens (primary N) is 1. The molecule has 0 aliphatic heterocycles. The first kappa shape index (κ1) is 17.4. The van der Waals surface area contributed by atoms with E-state index in [-0.39, 0.29) is 23.5 Å². The Labute approximate surface area is 141 Å². The molecule has 0 radical (unpaired) electrons. The predicted molar refractivity (Wildman–Crippen MR) is 86.7 cm³/mol. The van der Waals surface area contributed by atoms with Crippen LogP contribution in [0.3, 0.4) is 0 Å². The Morgan fingerprint density at radius 1 is 1.04 bits per heavy atom. The van der Waals surface area contributed by atoms with Crippen molar-refractivity contribution < 1.29 is 23.9 Å². The van der Waals surface area contributed by atoms with Crippen LogP contribution in [0.1, 0.15) is 25.6 Å². The first-order chi connectivity index (χ1) is 11.5. The second-order valence-corrected chi connectivity index (χ2v) is 5.62. The minimum Gasteiger partial charge on any atom is -0.452 e. The highest BCUT2D eigenvalue weighted by Crippen LogP contribution is 2.19. The van der Waals surface area contributed by atoms with Crippen molar-refractivity contribution in [2.45, 2.75) is 0 Å². The number of ketones is 1. The minimum atomic E-state index is -0.801. The highest BCUT2D eigenvalue weighted by atomic mass is 32.1. The van der Waals surface area contributed by atoms with Crippen LogP contribution in [0.4, 0.5) is 0 Å². The van der Waals surface area contributed by atoms with E-state index < -0.39 is 24.4 Å².